The largest absolute Gasteiger partial charge is 0.497 e. The average molecular weight is 497 g/mol. The first-order valence-electron chi connectivity index (χ1n) is 9.82. The number of ether oxygens (including phenoxy) is 1. The number of methoxy groups -OCH3 is 1. The van der Waals surface area contributed by atoms with Gasteiger partial charge in [-0.2, -0.15) is 0 Å². The Morgan fingerprint density at radius 2 is 1.97 bits per heavy atom. The zero-order valence-corrected chi connectivity index (χ0v) is 21.9. The number of imidazole rings is 1. The number of aromatic nitrogens is 4. The maximum atomic E-state index is 13.0. The first-order chi connectivity index (χ1) is 15.7. The van der Waals surface area contributed by atoms with Crippen LogP contribution in [0.3, 0.4) is 0 Å². The van der Waals surface area contributed by atoms with Gasteiger partial charge in [-0.1, -0.05) is 24.1 Å². The van der Waals surface area contributed by atoms with Gasteiger partial charge in [-0.15, -0.1) is 6.42 Å². The van der Waals surface area contributed by atoms with Gasteiger partial charge in [0.15, 0.2) is 11.2 Å². The van der Waals surface area contributed by atoms with Gasteiger partial charge in [0.05, 0.1) is 20.3 Å². The van der Waals surface area contributed by atoms with Crippen LogP contribution in [0.4, 0.5) is 0 Å². The number of hydrogen-bond donors (Lipinski definition) is 2. The summed E-state index contributed by atoms with van der Waals surface area (Å²) in [5.74, 6) is 3.40. The summed E-state index contributed by atoms with van der Waals surface area (Å²) in [7, 11) is -1.41. The Balaban J connectivity index is 0.00000408. The third-order valence-electron chi connectivity index (χ3n) is 4.83. The second-order valence-electron chi connectivity index (χ2n) is 7.02. The molecule has 0 fully saturated rings. The summed E-state index contributed by atoms with van der Waals surface area (Å²) >= 11 is 0. The summed E-state index contributed by atoms with van der Waals surface area (Å²) in [5.41, 5.74) is -0.0823. The summed E-state index contributed by atoms with van der Waals surface area (Å²) in [5, 5.41) is 0. The van der Waals surface area contributed by atoms with Crippen LogP contribution in [-0.2, 0) is 29.2 Å². The third kappa shape index (κ3) is 6.37. The van der Waals surface area contributed by atoms with Crippen molar-refractivity contribution in [3.05, 3.63) is 56.5 Å². The van der Waals surface area contributed by atoms with Gasteiger partial charge in [-0.3, -0.25) is 13.9 Å². The van der Waals surface area contributed by atoms with Gasteiger partial charge in [-0.05, 0) is 30.2 Å². The molecule has 0 saturated carbocycles. The van der Waals surface area contributed by atoms with Gasteiger partial charge in [0.2, 0.25) is 0 Å². The molecule has 1 aromatic carbocycles. The van der Waals surface area contributed by atoms with E-state index in [1.807, 2.05) is 24.3 Å². The van der Waals surface area contributed by atoms with Crippen molar-refractivity contribution in [2.24, 2.45) is 7.05 Å². The normalized spacial score (nSPS) is 11.5. The minimum absolute atomic E-state index is 0. The fourth-order valence-electron chi connectivity index (χ4n) is 3.28. The van der Waals surface area contributed by atoms with Gasteiger partial charge in [0, 0.05) is 43.1 Å². The Bertz CT molecular complexity index is 1410. The third-order valence-corrected chi connectivity index (χ3v) is 5.35. The molecule has 0 bridgehead atoms. The molecule has 1 radical (unpaired) electrons. The SMILES string of the molecule is C#CCn1c(=O)c2c(nc(/C=C/c3cccc(OC)c3)n2C)n(CCCOP(=O)(O)O)c1=O.[Na]. The van der Waals surface area contributed by atoms with Crippen molar-refractivity contribution in [2.75, 3.05) is 13.7 Å². The van der Waals surface area contributed by atoms with E-state index in [1.165, 1.54) is 4.57 Å². The molecule has 0 aliphatic rings. The summed E-state index contributed by atoms with van der Waals surface area (Å²) in [6.07, 6.45) is 8.92. The average Bonchev–Trinajstić information content (AvgIpc) is 3.10. The van der Waals surface area contributed by atoms with Crippen LogP contribution in [0.5, 0.6) is 5.75 Å². The maximum absolute atomic E-state index is 13.0. The van der Waals surface area contributed by atoms with Crippen LogP contribution in [0.1, 0.15) is 17.8 Å². The molecule has 0 atom stereocenters. The fourth-order valence-corrected chi connectivity index (χ4v) is 3.65. The molecular weight excluding hydrogens is 474 g/mol. The monoisotopic (exact) mass is 497 g/mol. The Hall–Kier alpha value is -2.42. The van der Waals surface area contributed by atoms with E-state index in [0.717, 1.165) is 10.1 Å². The molecular formula is C21H23N4NaO7P. The molecule has 0 saturated heterocycles. The van der Waals surface area contributed by atoms with Crippen LogP contribution in [0.15, 0.2) is 33.9 Å². The number of benzene rings is 1. The topological polar surface area (TPSA) is 138 Å². The second-order valence-corrected chi connectivity index (χ2v) is 8.26. The van der Waals surface area contributed by atoms with E-state index in [0.29, 0.717) is 11.6 Å². The summed E-state index contributed by atoms with van der Waals surface area (Å²) < 4.78 is 24.3. The van der Waals surface area contributed by atoms with Gasteiger partial charge < -0.3 is 19.1 Å². The van der Waals surface area contributed by atoms with Crippen LogP contribution < -0.4 is 16.0 Å². The zero-order chi connectivity index (χ0) is 24.2. The number of nitrogens with zero attached hydrogens (tertiary/aromatic N) is 4. The van der Waals surface area contributed by atoms with Crippen LogP contribution >= 0.6 is 7.82 Å². The molecule has 0 aliphatic heterocycles. The predicted octanol–water partition coefficient (Wildman–Crippen LogP) is 0.827. The molecule has 0 amide bonds. The zero-order valence-electron chi connectivity index (χ0n) is 19.0. The number of rotatable bonds is 9. The van der Waals surface area contributed by atoms with Crippen molar-refractivity contribution >= 4 is 60.7 Å². The Morgan fingerprint density at radius 1 is 1.24 bits per heavy atom. The van der Waals surface area contributed by atoms with Gasteiger partial charge in [-0.25, -0.2) is 18.9 Å². The molecule has 3 aromatic rings. The van der Waals surface area contributed by atoms with E-state index < -0.39 is 19.1 Å². The van der Waals surface area contributed by atoms with E-state index in [-0.39, 0.29) is 66.8 Å². The van der Waals surface area contributed by atoms with Crippen molar-refractivity contribution in [3.63, 3.8) is 0 Å². The molecule has 2 aromatic heterocycles. The maximum Gasteiger partial charge on any atom is 0.469 e. The van der Waals surface area contributed by atoms with Gasteiger partial charge in [0.25, 0.3) is 5.56 Å². The van der Waals surface area contributed by atoms with Gasteiger partial charge >= 0.3 is 13.5 Å². The van der Waals surface area contributed by atoms with Crippen LogP contribution in [0.25, 0.3) is 23.3 Å². The van der Waals surface area contributed by atoms with Crippen LogP contribution in [0, 0.1) is 12.3 Å². The molecule has 0 spiro atoms. The molecule has 13 heteroatoms. The fraction of sp³-hybridized carbons (Fsp3) is 0.286. The smallest absolute Gasteiger partial charge is 0.469 e. The van der Waals surface area contributed by atoms with E-state index in [4.69, 9.17) is 20.9 Å². The number of hydrogen-bond acceptors (Lipinski definition) is 6. The molecule has 2 heterocycles. The quantitative estimate of drug-likeness (QED) is 0.192. The Labute approximate surface area is 217 Å². The summed E-state index contributed by atoms with van der Waals surface area (Å²) in [6, 6.07) is 7.35. The van der Waals surface area contributed by atoms with E-state index in [9.17, 15) is 14.2 Å². The predicted molar refractivity (Wildman–Crippen MR) is 128 cm³/mol. The molecule has 34 heavy (non-hydrogen) atoms. The second kappa shape index (κ2) is 11.8. The molecule has 3 rings (SSSR count). The summed E-state index contributed by atoms with van der Waals surface area (Å²) in [6.45, 7) is -0.509. The molecule has 0 aliphatic carbocycles. The molecule has 2 N–H and O–H groups in total. The number of terminal acetylenes is 1. The first-order valence-corrected chi connectivity index (χ1v) is 11.3. The van der Waals surface area contributed by atoms with Crippen molar-refractivity contribution in [1.82, 2.24) is 18.7 Å². The van der Waals surface area contributed by atoms with E-state index >= 15 is 0 Å². The number of fused-ring (bicyclic) bond motifs is 1. The Morgan fingerprint density at radius 3 is 2.62 bits per heavy atom. The van der Waals surface area contributed by atoms with Gasteiger partial charge in [0.1, 0.15) is 11.6 Å². The van der Waals surface area contributed by atoms with Crippen molar-refractivity contribution in [2.45, 2.75) is 19.5 Å². The summed E-state index contributed by atoms with van der Waals surface area (Å²) in [4.78, 5) is 48.0. The standard InChI is InChI=1S/C21H23N4O7P.Na/c1-4-11-25-20(26)18-19(24(21(25)27)12-6-13-32-33(28,29)30)22-17(23(18)2)10-9-15-7-5-8-16(14-15)31-3;/h1,5,7-10,14H,6,11-13H2,2-3H3,(H2,28,29,30);/b10-9+;. The van der Waals surface area contributed by atoms with Crippen molar-refractivity contribution in [1.29, 1.82) is 0 Å². The number of phosphoric acid groups is 1. The minimum Gasteiger partial charge on any atom is -0.497 e. The van der Waals surface area contributed by atoms with Crippen molar-refractivity contribution < 1.29 is 23.6 Å². The van der Waals surface area contributed by atoms with Crippen molar-refractivity contribution in [3.8, 4) is 18.1 Å². The van der Waals surface area contributed by atoms with Crippen LogP contribution in [0.2, 0.25) is 0 Å². The first kappa shape index (κ1) is 27.8. The van der Waals surface area contributed by atoms with E-state index in [2.05, 4.69) is 15.4 Å². The number of phosphoric ester groups is 1. The molecule has 0 unspecified atom stereocenters. The van der Waals surface area contributed by atoms with Crippen LogP contribution in [-0.4, -0.2) is 71.7 Å². The molecule has 11 nitrogen and oxygen atoms in total. The molecule has 175 valence electrons. The minimum atomic E-state index is -4.63. The number of aryl methyl sites for hydroxylation is 2. The van der Waals surface area contributed by atoms with E-state index in [1.54, 1.807) is 30.9 Å². The Kier molecular flexibility index (Phi) is 9.67.